The lowest BCUT2D eigenvalue weighted by Crippen LogP contribution is -1.96. The molecule has 0 aliphatic rings. The van der Waals surface area contributed by atoms with Crippen LogP contribution in [0.5, 0.6) is 0 Å². The highest BCUT2D eigenvalue weighted by atomic mass is 16.3. The van der Waals surface area contributed by atoms with Gasteiger partial charge < -0.3 is 10.2 Å². The summed E-state index contributed by atoms with van der Waals surface area (Å²) in [5.74, 6) is 0. The van der Waals surface area contributed by atoms with Crippen molar-refractivity contribution in [2.45, 2.75) is 39.9 Å². The Morgan fingerprint density at radius 3 is 1.30 bits per heavy atom. The van der Waals surface area contributed by atoms with Crippen molar-refractivity contribution >= 4 is 0 Å². The van der Waals surface area contributed by atoms with E-state index in [9.17, 15) is 10.2 Å². The summed E-state index contributed by atoms with van der Waals surface area (Å²) >= 11 is 0. The van der Waals surface area contributed by atoms with Crippen LogP contribution in [0.1, 0.15) is 48.3 Å². The zero-order chi connectivity index (χ0) is 14.9. The van der Waals surface area contributed by atoms with E-state index >= 15 is 0 Å². The summed E-state index contributed by atoms with van der Waals surface area (Å²) in [6.07, 6.45) is -0.886. The van der Waals surface area contributed by atoms with Gasteiger partial charge in [-0.05, 0) is 61.1 Å². The highest BCUT2D eigenvalue weighted by Gasteiger charge is 2.10. The van der Waals surface area contributed by atoms with Gasteiger partial charge in [0.25, 0.3) is 0 Å². The molecule has 2 atom stereocenters. The highest BCUT2D eigenvalue weighted by Crippen LogP contribution is 2.30. The molecule has 2 unspecified atom stereocenters. The minimum Gasteiger partial charge on any atom is -0.389 e. The highest BCUT2D eigenvalue weighted by molar-refractivity contribution is 5.71. The molecule has 0 radical (unpaired) electrons. The van der Waals surface area contributed by atoms with E-state index < -0.39 is 12.2 Å². The summed E-state index contributed by atoms with van der Waals surface area (Å²) in [6, 6.07) is 12.1. The van der Waals surface area contributed by atoms with Crippen molar-refractivity contribution in [1.29, 1.82) is 0 Å². The molecule has 0 bridgehead atoms. The predicted molar refractivity (Wildman–Crippen MR) is 82.6 cm³/mol. The zero-order valence-corrected chi connectivity index (χ0v) is 12.5. The van der Waals surface area contributed by atoms with Gasteiger partial charge in [-0.25, -0.2) is 0 Å². The summed E-state index contributed by atoms with van der Waals surface area (Å²) in [7, 11) is 0. The topological polar surface area (TPSA) is 40.5 Å². The molecular formula is C18H22O2. The van der Waals surface area contributed by atoms with E-state index in [1.165, 1.54) is 11.1 Å². The lowest BCUT2D eigenvalue weighted by molar-refractivity contribution is 0.199. The van der Waals surface area contributed by atoms with Crippen molar-refractivity contribution in [2.75, 3.05) is 0 Å². The molecule has 2 N–H and O–H groups in total. The van der Waals surface area contributed by atoms with E-state index in [-0.39, 0.29) is 0 Å². The quantitative estimate of drug-likeness (QED) is 0.882. The smallest absolute Gasteiger partial charge is 0.0762 e. The van der Waals surface area contributed by atoms with Crippen LogP contribution >= 0.6 is 0 Å². The molecule has 0 saturated carbocycles. The Hall–Kier alpha value is -1.64. The Balaban J connectivity index is 2.46. The minimum atomic E-state index is -0.443. The summed E-state index contributed by atoms with van der Waals surface area (Å²) in [5.41, 5.74) is 6.51. The van der Waals surface area contributed by atoms with Crippen LogP contribution in [0.2, 0.25) is 0 Å². The first kappa shape index (κ1) is 14.8. The van der Waals surface area contributed by atoms with Crippen molar-refractivity contribution in [2.24, 2.45) is 0 Å². The van der Waals surface area contributed by atoms with Crippen molar-refractivity contribution in [3.63, 3.8) is 0 Å². The normalized spacial score (nSPS) is 14.1. The molecule has 0 aliphatic heterocycles. The van der Waals surface area contributed by atoms with Crippen molar-refractivity contribution in [3.05, 3.63) is 58.7 Å². The van der Waals surface area contributed by atoms with Crippen LogP contribution in [-0.4, -0.2) is 10.2 Å². The number of aryl methyl sites for hydroxylation is 2. The number of hydrogen-bond acceptors (Lipinski definition) is 2. The average Bonchev–Trinajstić information content (AvgIpc) is 2.38. The Labute approximate surface area is 120 Å². The maximum Gasteiger partial charge on any atom is 0.0762 e. The van der Waals surface area contributed by atoms with E-state index in [0.717, 1.165) is 22.3 Å². The molecular weight excluding hydrogens is 248 g/mol. The Kier molecular flexibility index (Phi) is 4.26. The van der Waals surface area contributed by atoms with E-state index in [4.69, 9.17) is 0 Å². The lowest BCUT2D eigenvalue weighted by Gasteiger charge is -2.14. The molecule has 0 aliphatic carbocycles. The van der Waals surface area contributed by atoms with Gasteiger partial charge in [-0.2, -0.15) is 0 Å². The van der Waals surface area contributed by atoms with E-state index in [1.54, 1.807) is 13.8 Å². The molecule has 2 nitrogen and oxygen atoms in total. The molecule has 0 amide bonds. The van der Waals surface area contributed by atoms with Crippen LogP contribution < -0.4 is 0 Å². The average molecular weight is 270 g/mol. The fourth-order valence-electron chi connectivity index (χ4n) is 2.50. The molecule has 20 heavy (non-hydrogen) atoms. The number of rotatable bonds is 3. The van der Waals surface area contributed by atoms with Crippen LogP contribution in [0.4, 0.5) is 0 Å². The second-order valence-electron chi connectivity index (χ2n) is 5.50. The van der Waals surface area contributed by atoms with Crippen molar-refractivity contribution < 1.29 is 10.2 Å². The molecule has 0 fully saturated rings. The Morgan fingerprint density at radius 2 is 1.05 bits per heavy atom. The lowest BCUT2D eigenvalue weighted by atomic mass is 9.92. The molecule has 2 aromatic rings. The fraction of sp³-hybridized carbons (Fsp3) is 0.333. The number of aliphatic hydroxyl groups is 2. The third kappa shape index (κ3) is 2.92. The Morgan fingerprint density at radius 1 is 0.700 bits per heavy atom. The monoisotopic (exact) mass is 270 g/mol. The van der Waals surface area contributed by atoms with Crippen LogP contribution in [-0.2, 0) is 0 Å². The van der Waals surface area contributed by atoms with Gasteiger partial charge in [0, 0.05) is 0 Å². The molecule has 2 rings (SSSR count). The van der Waals surface area contributed by atoms with Gasteiger partial charge in [-0.1, -0.05) is 36.4 Å². The molecule has 0 aromatic heterocycles. The van der Waals surface area contributed by atoms with Gasteiger partial charge in [0.15, 0.2) is 0 Å². The van der Waals surface area contributed by atoms with Crippen LogP contribution in [0, 0.1) is 13.8 Å². The largest absolute Gasteiger partial charge is 0.389 e. The van der Waals surface area contributed by atoms with Gasteiger partial charge in [0.05, 0.1) is 12.2 Å². The SMILES string of the molecule is Cc1cc(C(C)O)ccc1-c1ccc(C(C)O)cc1C. The maximum absolute atomic E-state index is 9.63. The van der Waals surface area contributed by atoms with Gasteiger partial charge in [0.2, 0.25) is 0 Å². The van der Waals surface area contributed by atoms with E-state index in [2.05, 4.69) is 26.0 Å². The molecule has 2 aromatic carbocycles. The van der Waals surface area contributed by atoms with E-state index in [0.29, 0.717) is 0 Å². The molecule has 2 heteroatoms. The van der Waals surface area contributed by atoms with Crippen LogP contribution in [0.3, 0.4) is 0 Å². The van der Waals surface area contributed by atoms with Crippen LogP contribution in [0.25, 0.3) is 11.1 Å². The van der Waals surface area contributed by atoms with Crippen LogP contribution in [0.15, 0.2) is 36.4 Å². The first-order valence-corrected chi connectivity index (χ1v) is 6.97. The summed E-state index contributed by atoms with van der Waals surface area (Å²) in [6.45, 7) is 7.67. The Bertz CT molecular complexity index is 557. The first-order chi connectivity index (χ1) is 9.40. The molecule has 0 heterocycles. The first-order valence-electron chi connectivity index (χ1n) is 6.97. The second kappa shape index (κ2) is 5.78. The third-order valence-corrected chi connectivity index (χ3v) is 3.76. The maximum atomic E-state index is 9.63. The molecule has 0 spiro atoms. The molecule has 106 valence electrons. The van der Waals surface area contributed by atoms with Gasteiger partial charge in [-0.3, -0.25) is 0 Å². The zero-order valence-electron chi connectivity index (χ0n) is 12.5. The predicted octanol–water partition coefficient (Wildman–Crippen LogP) is 4.08. The standard InChI is InChI=1S/C18H22O2/c1-11-9-15(13(3)19)5-7-17(11)18-8-6-16(14(4)20)10-12(18)2/h5-10,13-14,19-20H,1-4H3. The summed E-state index contributed by atoms with van der Waals surface area (Å²) in [5, 5.41) is 19.3. The van der Waals surface area contributed by atoms with Gasteiger partial charge in [0.1, 0.15) is 0 Å². The second-order valence-corrected chi connectivity index (χ2v) is 5.50. The summed E-state index contributed by atoms with van der Waals surface area (Å²) in [4.78, 5) is 0. The van der Waals surface area contributed by atoms with Crippen molar-refractivity contribution in [1.82, 2.24) is 0 Å². The van der Waals surface area contributed by atoms with Gasteiger partial charge in [-0.15, -0.1) is 0 Å². The summed E-state index contributed by atoms with van der Waals surface area (Å²) < 4.78 is 0. The number of hydrogen-bond donors (Lipinski definition) is 2. The third-order valence-electron chi connectivity index (χ3n) is 3.76. The van der Waals surface area contributed by atoms with Crippen molar-refractivity contribution in [3.8, 4) is 11.1 Å². The number of benzene rings is 2. The fourth-order valence-corrected chi connectivity index (χ4v) is 2.50. The van der Waals surface area contributed by atoms with E-state index in [1.807, 2.05) is 24.3 Å². The number of aliphatic hydroxyl groups excluding tert-OH is 2. The van der Waals surface area contributed by atoms with Gasteiger partial charge >= 0.3 is 0 Å². The molecule has 0 saturated heterocycles. The minimum absolute atomic E-state index is 0.443.